The molecule has 1 unspecified atom stereocenters. The summed E-state index contributed by atoms with van der Waals surface area (Å²) in [6.07, 6.45) is 4.50. The first-order valence-electron chi connectivity index (χ1n) is 17.3. The second-order valence-corrected chi connectivity index (χ2v) is 12.7. The van der Waals surface area contributed by atoms with Crippen molar-refractivity contribution in [3.8, 4) is 11.4 Å². The molecule has 1 atom stereocenters. The van der Waals surface area contributed by atoms with Gasteiger partial charge in [-0.3, -0.25) is 14.6 Å². The van der Waals surface area contributed by atoms with Gasteiger partial charge in [0, 0.05) is 38.1 Å². The highest BCUT2D eigenvalue weighted by Gasteiger charge is 2.23. The molecule has 0 bridgehead atoms. The van der Waals surface area contributed by atoms with Gasteiger partial charge in [-0.2, -0.15) is 0 Å². The number of fused-ring (bicyclic) bond motifs is 2. The van der Waals surface area contributed by atoms with Gasteiger partial charge in [-0.15, -0.1) is 0 Å². The average molecular weight is 667 g/mol. The van der Waals surface area contributed by atoms with Crippen molar-refractivity contribution in [3.05, 3.63) is 72.3 Å². The Morgan fingerprint density at radius 3 is 2.29 bits per heavy atom. The van der Waals surface area contributed by atoms with Crippen LogP contribution in [0.5, 0.6) is 0 Å². The minimum absolute atomic E-state index is 0.229. The summed E-state index contributed by atoms with van der Waals surface area (Å²) < 4.78 is 12.7. The fourth-order valence-electron chi connectivity index (χ4n) is 6.63. The maximum Gasteiger partial charge on any atom is 0.302 e. The van der Waals surface area contributed by atoms with E-state index < -0.39 is 6.23 Å². The van der Waals surface area contributed by atoms with E-state index in [1.165, 1.54) is 33.1 Å². The van der Waals surface area contributed by atoms with Crippen molar-refractivity contribution in [2.45, 2.75) is 58.7 Å². The lowest BCUT2D eigenvalue weighted by Crippen LogP contribution is -2.32. The molecular weight excluding hydrogens is 620 g/mol. The van der Waals surface area contributed by atoms with Crippen LogP contribution >= 0.6 is 0 Å². The van der Waals surface area contributed by atoms with Crippen LogP contribution in [0.2, 0.25) is 0 Å². The van der Waals surface area contributed by atoms with Crippen molar-refractivity contribution in [1.29, 1.82) is 0 Å². The van der Waals surface area contributed by atoms with E-state index >= 15 is 0 Å². The van der Waals surface area contributed by atoms with E-state index in [0.717, 1.165) is 77.6 Å². The van der Waals surface area contributed by atoms with Crippen LogP contribution in [0.1, 0.15) is 45.1 Å². The maximum absolute atomic E-state index is 11.4. The predicted octanol–water partition coefficient (Wildman–Crippen LogP) is 5.57. The molecule has 2 aliphatic heterocycles. The first-order valence-corrected chi connectivity index (χ1v) is 17.3. The summed E-state index contributed by atoms with van der Waals surface area (Å²) in [6, 6.07) is 22.3. The molecule has 0 amide bonds. The number of nitrogens with zero attached hydrogens (tertiary/aromatic N) is 5. The number of hydrogen-bond donors (Lipinski definition) is 2. The Hall–Kier alpha value is -4.74. The smallest absolute Gasteiger partial charge is 0.302 e. The summed E-state index contributed by atoms with van der Waals surface area (Å²) in [6.45, 7) is 8.32. The number of nitrogens with one attached hydrogen (secondary N) is 1. The van der Waals surface area contributed by atoms with E-state index in [0.29, 0.717) is 25.2 Å². The summed E-state index contributed by atoms with van der Waals surface area (Å²) in [4.78, 5) is 37.4. The van der Waals surface area contributed by atoms with Crippen LogP contribution in [0.4, 0.5) is 17.1 Å². The highest BCUT2D eigenvalue weighted by atomic mass is 16.5. The molecule has 3 heterocycles. The Morgan fingerprint density at radius 2 is 1.61 bits per heavy atom. The third-order valence-corrected chi connectivity index (χ3v) is 9.09. The van der Waals surface area contributed by atoms with Gasteiger partial charge in [-0.1, -0.05) is 36.8 Å². The number of ether oxygens (including phenoxy) is 2. The number of likely N-dealkylation sites (tertiary alicyclic amines) is 1. The molecule has 11 heteroatoms. The molecule has 49 heavy (non-hydrogen) atoms. The van der Waals surface area contributed by atoms with Crippen LogP contribution in [0.3, 0.4) is 0 Å². The van der Waals surface area contributed by atoms with Gasteiger partial charge in [0.15, 0.2) is 6.23 Å². The van der Waals surface area contributed by atoms with Gasteiger partial charge in [-0.25, -0.2) is 4.98 Å². The highest BCUT2D eigenvalue weighted by molar-refractivity contribution is 6.01. The molecule has 6 rings (SSSR count). The molecule has 0 spiro atoms. The number of rotatable bonds is 14. The lowest BCUT2D eigenvalue weighted by Gasteiger charge is -2.26. The Bertz CT molecular complexity index is 1740. The van der Waals surface area contributed by atoms with Crippen LogP contribution in [-0.4, -0.2) is 89.4 Å². The van der Waals surface area contributed by atoms with Crippen molar-refractivity contribution < 1.29 is 24.2 Å². The number of piperidine rings is 1. The van der Waals surface area contributed by atoms with Gasteiger partial charge in [0.2, 0.25) is 0 Å². The lowest BCUT2D eigenvalue weighted by atomic mass is 10.1. The molecule has 0 saturated carbocycles. The lowest BCUT2D eigenvalue weighted by molar-refractivity contribution is -0.141. The van der Waals surface area contributed by atoms with E-state index in [1.54, 1.807) is 0 Å². The number of carbonyl (C=O) groups is 2. The predicted molar refractivity (Wildman–Crippen MR) is 192 cm³/mol. The number of aliphatic imine (C=N–C) groups is 1. The van der Waals surface area contributed by atoms with E-state index in [2.05, 4.69) is 33.0 Å². The Balaban J connectivity index is 1.30. The van der Waals surface area contributed by atoms with Gasteiger partial charge in [-0.05, 0) is 80.9 Å². The Morgan fingerprint density at radius 1 is 0.918 bits per heavy atom. The quantitative estimate of drug-likeness (QED) is 0.166. The molecule has 1 saturated heterocycles. The molecule has 11 nitrogen and oxygen atoms in total. The minimum atomic E-state index is -0.881. The van der Waals surface area contributed by atoms with Crippen LogP contribution in [0, 0.1) is 0 Å². The van der Waals surface area contributed by atoms with E-state index in [1.807, 2.05) is 53.4 Å². The summed E-state index contributed by atoms with van der Waals surface area (Å²) in [5, 5.41) is 14.2. The van der Waals surface area contributed by atoms with Crippen molar-refractivity contribution in [2.24, 2.45) is 4.99 Å². The summed E-state index contributed by atoms with van der Waals surface area (Å²) in [5.74, 6) is 0.195. The number of esters is 2. The zero-order valence-electron chi connectivity index (χ0n) is 28.4. The number of aliphatic hydroxyl groups excluding tert-OH is 1. The van der Waals surface area contributed by atoms with E-state index in [9.17, 15) is 14.7 Å². The standard InChI is InChI=1S/C38H46N6O5/c1-27(45)48-22-20-43(21-23-49-28(2)46)31-14-12-30(13-15-31)37-40-34-25-32-33(39-35(38(47)41-32)24-29-10-5-3-6-11-29)26-36(34)44(37)19-9-18-42-16-7-4-8-17-42/h3,5-6,10-15,25-26,38,41,47H,4,7-9,16-24H2,1-2H3. The van der Waals surface area contributed by atoms with Crippen LogP contribution in [0.25, 0.3) is 22.4 Å². The molecule has 3 aromatic carbocycles. The number of aryl methyl sites for hydroxylation is 1. The highest BCUT2D eigenvalue weighted by Crippen LogP contribution is 2.37. The van der Waals surface area contributed by atoms with Gasteiger partial charge in [0.25, 0.3) is 0 Å². The fraction of sp³-hybridized carbons (Fsp3) is 0.421. The van der Waals surface area contributed by atoms with Crippen molar-refractivity contribution in [2.75, 3.05) is 56.2 Å². The number of anilines is 2. The topological polar surface area (TPSA) is 122 Å². The third-order valence-electron chi connectivity index (χ3n) is 9.09. The fourth-order valence-corrected chi connectivity index (χ4v) is 6.63. The largest absolute Gasteiger partial charge is 0.464 e. The van der Waals surface area contributed by atoms with Crippen molar-refractivity contribution in [1.82, 2.24) is 14.5 Å². The van der Waals surface area contributed by atoms with Crippen molar-refractivity contribution >= 4 is 45.7 Å². The summed E-state index contributed by atoms with van der Waals surface area (Å²) in [5.41, 5.74) is 7.05. The summed E-state index contributed by atoms with van der Waals surface area (Å²) >= 11 is 0. The molecule has 0 aliphatic carbocycles. The monoisotopic (exact) mass is 666 g/mol. The van der Waals surface area contributed by atoms with Gasteiger partial charge in [0.1, 0.15) is 19.0 Å². The van der Waals surface area contributed by atoms with Gasteiger partial charge >= 0.3 is 11.9 Å². The molecule has 1 aromatic heterocycles. The molecule has 1 fully saturated rings. The first-order chi connectivity index (χ1) is 23.8. The normalized spacial score (nSPS) is 16.1. The van der Waals surface area contributed by atoms with E-state index in [-0.39, 0.29) is 25.2 Å². The first kappa shape index (κ1) is 34.1. The molecule has 4 aromatic rings. The molecule has 258 valence electrons. The molecule has 2 aliphatic rings. The number of imidazole rings is 1. The zero-order valence-corrected chi connectivity index (χ0v) is 28.4. The Kier molecular flexibility index (Phi) is 11.2. The molecule has 0 radical (unpaired) electrons. The van der Waals surface area contributed by atoms with Crippen LogP contribution in [-0.2, 0) is 32.0 Å². The zero-order chi connectivity index (χ0) is 34.2. The van der Waals surface area contributed by atoms with Gasteiger partial charge in [0.05, 0.1) is 41.2 Å². The van der Waals surface area contributed by atoms with E-state index in [4.69, 9.17) is 19.5 Å². The van der Waals surface area contributed by atoms with Crippen LogP contribution < -0.4 is 10.2 Å². The molecule has 2 N–H and O–H groups in total. The second kappa shape index (κ2) is 16.1. The number of aliphatic hydroxyl groups is 1. The number of carbonyl (C=O) groups excluding carboxylic acids is 2. The Labute approximate surface area is 287 Å². The average Bonchev–Trinajstić information content (AvgIpc) is 3.44. The van der Waals surface area contributed by atoms with Crippen molar-refractivity contribution in [3.63, 3.8) is 0 Å². The third kappa shape index (κ3) is 8.84. The summed E-state index contributed by atoms with van der Waals surface area (Å²) in [7, 11) is 0. The number of hydrogen-bond acceptors (Lipinski definition) is 10. The minimum Gasteiger partial charge on any atom is -0.464 e. The van der Waals surface area contributed by atoms with Crippen LogP contribution in [0.15, 0.2) is 71.7 Å². The second-order valence-electron chi connectivity index (χ2n) is 12.7. The number of aromatic nitrogens is 2. The van der Waals surface area contributed by atoms with Gasteiger partial charge < -0.3 is 34.3 Å². The maximum atomic E-state index is 11.4. The number of benzene rings is 3. The molecular formula is C38H46N6O5. The SMILES string of the molecule is CC(=O)OCCN(CCOC(C)=O)c1ccc(-c2nc3cc4c(cc3n2CCCN2CCCCC2)N=C(Cc2ccccc2)C(O)N4)cc1.